The maximum absolute atomic E-state index is 10.9. The van der Waals surface area contributed by atoms with Crippen molar-refractivity contribution in [3.8, 4) is 39.5 Å². The molecule has 0 atom stereocenters. The first-order valence-corrected chi connectivity index (χ1v) is 13.0. The van der Waals surface area contributed by atoms with Crippen molar-refractivity contribution in [3.63, 3.8) is 0 Å². The summed E-state index contributed by atoms with van der Waals surface area (Å²) in [5.74, 6) is 1.29. The zero-order valence-electron chi connectivity index (χ0n) is 21.8. The van der Waals surface area contributed by atoms with Gasteiger partial charge in [-0.05, 0) is 70.6 Å². The van der Waals surface area contributed by atoms with Crippen molar-refractivity contribution in [2.24, 2.45) is 0 Å². The number of ether oxygens (including phenoxy) is 1. The predicted octanol–water partition coefficient (Wildman–Crippen LogP) is 8.57. The Balaban J connectivity index is 1.80. The Kier molecular flexibility index (Phi) is 7.19. The van der Waals surface area contributed by atoms with Crippen LogP contribution in [0.5, 0.6) is 17.2 Å². The molecule has 0 unspecified atom stereocenters. The van der Waals surface area contributed by atoms with Crippen LogP contribution in [0.2, 0.25) is 0 Å². The van der Waals surface area contributed by atoms with Gasteiger partial charge >= 0.3 is 0 Å². The molecule has 0 fully saturated rings. The summed E-state index contributed by atoms with van der Waals surface area (Å²) >= 11 is 0. The third-order valence-electron chi connectivity index (χ3n) is 7.36. The summed E-state index contributed by atoms with van der Waals surface area (Å²) in [5, 5.41) is 21.7. The zero-order valence-corrected chi connectivity index (χ0v) is 21.8. The molecule has 190 valence electrons. The van der Waals surface area contributed by atoms with E-state index in [1.54, 1.807) is 19.2 Å². The minimum Gasteiger partial charge on any atom is -0.507 e. The van der Waals surface area contributed by atoms with E-state index in [-0.39, 0.29) is 11.5 Å². The first kappa shape index (κ1) is 25.2. The van der Waals surface area contributed by atoms with E-state index in [0.717, 1.165) is 57.5 Å². The predicted molar refractivity (Wildman–Crippen MR) is 155 cm³/mol. The van der Waals surface area contributed by atoms with Gasteiger partial charge in [-0.15, -0.1) is 0 Å². The van der Waals surface area contributed by atoms with Gasteiger partial charge in [-0.25, -0.2) is 0 Å². The van der Waals surface area contributed by atoms with Gasteiger partial charge in [0.05, 0.1) is 7.11 Å². The second-order valence-electron chi connectivity index (χ2n) is 9.58. The molecular formula is C35H32O3. The van der Waals surface area contributed by atoms with E-state index in [1.807, 2.05) is 84.9 Å². The summed E-state index contributed by atoms with van der Waals surface area (Å²) in [4.78, 5) is 0. The van der Waals surface area contributed by atoms with Crippen molar-refractivity contribution < 1.29 is 14.9 Å². The first-order chi connectivity index (χ1) is 18.6. The Morgan fingerprint density at radius 2 is 1.03 bits per heavy atom. The normalized spacial score (nSPS) is 11.3. The van der Waals surface area contributed by atoms with Crippen LogP contribution in [0.25, 0.3) is 22.3 Å². The zero-order chi connectivity index (χ0) is 26.5. The molecule has 0 saturated heterocycles. The maximum Gasteiger partial charge on any atom is 0.123 e. The Morgan fingerprint density at radius 3 is 1.45 bits per heavy atom. The van der Waals surface area contributed by atoms with Gasteiger partial charge in [0, 0.05) is 16.5 Å². The number of hydrogen-bond donors (Lipinski definition) is 2. The molecule has 5 aromatic carbocycles. The number of rotatable bonds is 8. The second kappa shape index (κ2) is 10.9. The van der Waals surface area contributed by atoms with Crippen molar-refractivity contribution in [1.29, 1.82) is 0 Å². The summed E-state index contributed by atoms with van der Waals surface area (Å²) in [6.45, 7) is 2.19. The molecule has 3 heteroatoms. The molecule has 3 nitrogen and oxygen atoms in total. The molecule has 5 rings (SSSR count). The van der Waals surface area contributed by atoms with Crippen LogP contribution in [0.3, 0.4) is 0 Å². The minimum atomic E-state index is -0.532. The molecule has 0 radical (unpaired) electrons. The molecule has 5 aromatic rings. The van der Waals surface area contributed by atoms with Crippen LogP contribution in [0.1, 0.15) is 36.5 Å². The van der Waals surface area contributed by atoms with E-state index < -0.39 is 5.41 Å². The van der Waals surface area contributed by atoms with Crippen LogP contribution in [-0.4, -0.2) is 17.3 Å². The molecule has 0 aliphatic carbocycles. The molecule has 0 aliphatic rings. The molecule has 0 spiro atoms. The molecular weight excluding hydrogens is 468 g/mol. The maximum atomic E-state index is 10.9. The molecule has 38 heavy (non-hydrogen) atoms. The van der Waals surface area contributed by atoms with E-state index in [4.69, 9.17) is 4.74 Å². The van der Waals surface area contributed by atoms with Crippen LogP contribution in [0, 0.1) is 0 Å². The highest BCUT2D eigenvalue weighted by atomic mass is 16.5. The monoisotopic (exact) mass is 500 g/mol. The molecule has 0 heterocycles. The van der Waals surface area contributed by atoms with Gasteiger partial charge in [0.2, 0.25) is 0 Å². The molecule has 0 aromatic heterocycles. The molecule has 0 bridgehead atoms. The molecule has 2 N–H and O–H groups in total. The van der Waals surface area contributed by atoms with E-state index in [9.17, 15) is 10.2 Å². The largest absolute Gasteiger partial charge is 0.507 e. The van der Waals surface area contributed by atoms with E-state index in [1.165, 1.54) is 0 Å². The smallest absolute Gasteiger partial charge is 0.123 e. The van der Waals surface area contributed by atoms with Gasteiger partial charge in [-0.2, -0.15) is 0 Å². The number of aromatic hydroxyl groups is 2. The number of phenolic OH excluding ortho intramolecular Hbond substituents is 2. The van der Waals surface area contributed by atoms with Crippen LogP contribution in [0.15, 0.2) is 121 Å². The van der Waals surface area contributed by atoms with Crippen LogP contribution >= 0.6 is 0 Å². The average Bonchev–Trinajstić information content (AvgIpc) is 2.97. The number of hydrogen-bond acceptors (Lipinski definition) is 3. The number of methoxy groups -OCH3 is 1. The van der Waals surface area contributed by atoms with Gasteiger partial charge in [-0.1, -0.05) is 98.3 Å². The second-order valence-corrected chi connectivity index (χ2v) is 9.58. The van der Waals surface area contributed by atoms with E-state index in [0.29, 0.717) is 0 Å². The van der Waals surface area contributed by atoms with Gasteiger partial charge < -0.3 is 14.9 Å². The topological polar surface area (TPSA) is 49.7 Å². The van der Waals surface area contributed by atoms with Gasteiger partial charge in [0.1, 0.15) is 17.2 Å². The fourth-order valence-electron chi connectivity index (χ4n) is 5.48. The molecule has 0 amide bonds. The number of phenols is 2. The van der Waals surface area contributed by atoms with Crippen LogP contribution in [0.4, 0.5) is 0 Å². The average molecular weight is 501 g/mol. The van der Waals surface area contributed by atoms with E-state index >= 15 is 0 Å². The highest BCUT2D eigenvalue weighted by Gasteiger charge is 2.37. The van der Waals surface area contributed by atoms with E-state index in [2.05, 4.69) is 31.2 Å². The van der Waals surface area contributed by atoms with Crippen LogP contribution in [-0.2, 0) is 5.41 Å². The number of benzene rings is 5. The highest BCUT2D eigenvalue weighted by molar-refractivity contribution is 5.74. The van der Waals surface area contributed by atoms with Crippen molar-refractivity contribution in [2.45, 2.75) is 25.2 Å². The lowest BCUT2D eigenvalue weighted by molar-refractivity contribution is 0.414. The van der Waals surface area contributed by atoms with Crippen molar-refractivity contribution >= 4 is 0 Å². The fraction of sp³-hybridized carbons (Fsp3) is 0.143. The fourth-order valence-corrected chi connectivity index (χ4v) is 5.48. The molecule has 0 saturated carbocycles. The summed E-state index contributed by atoms with van der Waals surface area (Å²) < 4.78 is 5.47. The van der Waals surface area contributed by atoms with Crippen LogP contribution < -0.4 is 4.74 Å². The lowest BCUT2D eigenvalue weighted by Gasteiger charge is -2.37. The van der Waals surface area contributed by atoms with Crippen molar-refractivity contribution in [1.82, 2.24) is 0 Å². The summed E-state index contributed by atoms with van der Waals surface area (Å²) in [5.41, 5.74) is 6.24. The summed E-state index contributed by atoms with van der Waals surface area (Å²) in [7, 11) is 1.67. The van der Waals surface area contributed by atoms with Gasteiger partial charge in [0.25, 0.3) is 0 Å². The minimum absolute atomic E-state index is 0.246. The van der Waals surface area contributed by atoms with Crippen molar-refractivity contribution in [3.05, 3.63) is 138 Å². The SMILES string of the molecule is CCCC(c1ccc(OC)cc1)(c1ccc(O)c(-c2ccccc2)c1)c1ccc(O)c(-c2ccccc2)c1. The highest BCUT2D eigenvalue weighted by Crippen LogP contribution is 2.47. The first-order valence-electron chi connectivity index (χ1n) is 13.0. The Hall–Kier alpha value is -4.50. The quantitative estimate of drug-likeness (QED) is 0.210. The Labute approximate surface area is 224 Å². The lowest BCUT2D eigenvalue weighted by Crippen LogP contribution is -2.29. The van der Waals surface area contributed by atoms with Gasteiger partial charge in [0.15, 0.2) is 0 Å². The third kappa shape index (κ3) is 4.64. The Morgan fingerprint density at radius 1 is 0.579 bits per heavy atom. The van der Waals surface area contributed by atoms with Gasteiger partial charge in [-0.3, -0.25) is 0 Å². The summed E-state index contributed by atoms with van der Waals surface area (Å²) in [6, 6.07) is 40.0. The standard InChI is InChI=1S/C35H32O3/c1-3-22-35(27-14-18-30(38-2)19-15-27,28-16-20-33(36)31(23-28)25-10-6-4-7-11-25)29-17-21-34(37)32(24-29)26-12-8-5-9-13-26/h4-21,23-24,36-37H,3,22H2,1-2H3. The molecule has 0 aliphatic heterocycles. The Bertz CT molecular complexity index is 1420. The third-order valence-corrected chi connectivity index (χ3v) is 7.36. The summed E-state index contributed by atoms with van der Waals surface area (Å²) in [6.07, 6.45) is 1.76. The van der Waals surface area contributed by atoms with Crippen molar-refractivity contribution in [2.75, 3.05) is 7.11 Å². The lowest BCUT2D eigenvalue weighted by atomic mass is 9.66.